The van der Waals surface area contributed by atoms with E-state index in [0.717, 1.165) is 23.7 Å². The van der Waals surface area contributed by atoms with E-state index in [9.17, 15) is 24.0 Å². The molecule has 2 aromatic rings. The highest BCUT2D eigenvalue weighted by Gasteiger charge is 2.69. The first-order valence-corrected chi connectivity index (χ1v) is 14.5. The zero-order valence-electron chi connectivity index (χ0n) is 23.7. The molecule has 3 N–H and O–H groups in total. The minimum Gasteiger partial charge on any atom is -0.496 e. The van der Waals surface area contributed by atoms with E-state index in [1.165, 1.54) is 4.90 Å². The summed E-state index contributed by atoms with van der Waals surface area (Å²) in [6, 6.07) is 5.31. The Balaban J connectivity index is 1.26. The second kappa shape index (κ2) is 10.2. The number of hydrogen-bond donors (Lipinski definition) is 3. The Bertz CT molecular complexity index is 1430. The van der Waals surface area contributed by atoms with E-state index in [4.69, 9.17) is 4.74 Å². The topological polar surface area (TPSA) is 141 Å². The standard InChI is InChI=1S/C30H37N5O6/c1-30(2)18-15-35(28(39)21-14-17-19(32-21)8-4-9-22(17)41-3)24(23(18)30)27(38)33-20(13-16-7-5-10-31-26(16)37)25(36)29(40)34-11-6-12-34/h4,8-9,14,16,18,20,23-24,32H,5-7,10-13,15H2,1-3H3,(H,31,37)(H,33,38)/t16-,18-,20-,23-,24-/m0/s1. The first-order valence-electron chi connectivity index (χ1n) is 14.5. The summed E-state index contributed by atoms with van der Waals surface area (Å²) in [4.78, 5) is 72.9. The third-order valence-corrected chi connectivity index (χ3v) is 9.72. The van der Waals surface area contributed by atoms with Gasteiger partial charge in [0, 0.05) is 43.0 Å². The summed E-state index contributed by atoms with van der Waals surface area (Å²) in [5, 5.41) is 6.43. The van der Waals surface area contributed by atoms with Gasteiger partial charge in [0.25, 0.3) is 11.8 Å². The lowest BCUT2D eigenvalue weighted by atomic mass is 9.89. The summed E-state index contributed by atoms with van der Waals surface area (Å²) in [7, 11) is 1.57. The van der Waals surface area contributed by atoms with E-state index >= 15 is 0 Å². The summed E-state index contributed by atoms with van der Waals surface area (Å²) < 4.78 is 5.44. The number of nitrogens with zero attached hydrogens (tertiary/aromatic N) is 2. The van der Waals surface area contributed by atoms with E-state index in [2.05, 4.69) is 29.5 Å². The Morgan fingerprint density at radius 2 is 1.95 bits per heavy atom. The third-order valence-electron chi connectivity index (χ3n) is 9.72. The van der Waals surface area contributed by atoms with Gasteiger partial charge in [-0.2, -0.15) is 0 Å². The molecule has 1 saturated carbocycles. The average Bonchev–Trinajstić information content (AvgIpc) is 3.30. The number of aromatic amines is 1. The van der Waals surface area contributed by atoms with Gasteiger partial charge >= 0.3 is 0 Å². The molecule has 1 aliphatic carbocycles. The summed E-state index contributed by atoms with van der Waals surface area (Å²) in [6.07, 6.45) is 2.23. The molecule has 5 atom stereocenters. The number of aromatic nitrogens is 1. The van der Waals surface area contributed by atoms with Gasteiger partial charge in [-0.3, -0.25) is 24.0 Å². The Hall–Kier alpha value is -3.89. The van der Waals surface area contributed by atoms with Crippen LogP contribution in [0.1, 0.15) is 50.0 Å². The second-order valence-corrected chi connectivity index (χ2v) is 12.4. The van der Waals surface area contributed by atoms with Gasteiger partial charge in [0.05, 0.1) is 13.2 Å². The molecule has 1 aromatic carbocycles. The van der Waals surface area contributed by atoms with Crippen molar-refractivity contribution in [2.75, 3.05) is 33.3 Å². The zero-order chi connectivity index (χ0) is 29.1. The lowest BCUT2D eigenvalue weighted by molar-refractivity contribution is -0.149. The molecule has 0 unspecified atom stereocenters. The van der Waals surface area contributed by atoms with E-state index in [1.54, 1.807) is 18.1 Å². The second-order valence-electron chi connectivity index (χ2n) is 12.4. The monoisotopic (exact) mass is 563 g/mol. The van der Waals surface area contributed by atoms with Crippen LogP contribution in [0.2, 0.25) is 0 Å². The number of hydrogen-bond acceptors (Lipinski definition) is 6. The molecule has 0 bridgehead atoms. The van der Waals surface area contributed by atoms with Crippen molar-refractivity contribution in [2.45, 2.75) is 51.6 Å². The summed E-state index contributed by atoms with van der Waals surface area (Å²) in [6.45, 7) is 6.17. The van der Waals surface area contributed by atoms with Crippen LogP contribution in [-0.4, -0.2) is 89.6 Å². The molecule has 4 amide bonds. The number of amides is 4. The number of fused-ring (bicyclic) bond motifs is 2. The van der Waals surface area contributed by atoms with Crippen LogP contribution >= 0.6 is 0 Å². The number of H-pyrrole nitrogens is 1. The molecule has 11 heteroatoms. The van der Waals surface area contributed by atoms with E-state index in [1.807, 2.05) is 18.2 Å². The van der Waals surface area contributed by atoms with Crippen LogP contribution in [0.15, 0.2) is 24.3 Å². The van der Waals surface area contributed by atoms with Crippen LogP contribution in [0.3, 0.4) is 0 Å². The maximum Gasteiger partial charge on any atom is 0.292 e. The Kier molecular flexibility index (Phi) is 6.78. The van der Waals surface area contributed by atoms with Crippen molar-refractivity contribution in [2.24, 2.45) is 23.2 Å². The number of ether oxygens (including phenoxy) is 1. The van der Waals surface area contributed by atoms with Crippen molar-refractivity contribution in [3.8, 4) is 5.75 Å². The first-order chi connectivity index (χ1) is 19.6. The van der Waals surface area contributed by atoms with Crippen LogP contribution in [0.5, 0.6) is 5.75 Å². The molecule has 6 rings (SSSR count). The Morgan fingerprint density at radius 1 is 1.17 bits per heavy atom. The number of benzene rings is 1. The SMILES string of the molecule is COc1cccc2[nH]c(C(=O)N3C[C@H]4[C@@H]([C@H]3C(=O)N[C@@H](C[C@@H]3CCCNC3=O)C(=O)C(=O)N3CCC3)C4(C)C)cc12. The number of Topliss-reactive ketones (excluding diaryl/α,β-unsaturated/α-hetero) is 1. The number of carbonyl (C=O) groups is 5. The van der Waals surface area contributed by atoms with Gasteiger partial charge in [-0.25, -0.2) is 0 Å². The van der Waals surface area contributed by atoms with Crippen LogP contribution in [0.4, 0.5) is 0 Å². The van der Waals surface area contributed by atoms with E-state index in [0.29, 0.717) is 44.0 Å². The predicted octanol–water partition coefficient (Wildman–Crippen LogP) is 1.48. The zero-order valence-corrected chi connectivity index (χ0v) is 23.7. The molecule has 4 fully saturated rings. The van der Waals surface area contributed by atoms with Crippen molar-refractivity contribution in [3.05, 3.63) is 30.0 Å². The maximum atomic E-state index is 14.0. The van der Waals surface area contributed by atoms with E-state index in [-0.39, 0.29) is 35.5 Å². The van der Waals surface area contributed by atoms with Crippen LogP contribution in [-0.2, 0) is 19.2 Å². The summed E-state index contributed by atoms with van der Waals surface area (Å²) in [5.74, 6) is -2.06. The summed E-state index contributed by atoms with van der Waals surface area (Å²) in [5.41, 5.74) is 0.957. The fraction of sp³-hybridized carbons (Fsp3) is 0.567. The Morgan fingerprint density at radius 3 is 2.63 bits per heavy atom. The summed E-state index contributed by atoms with van der Waals surface area (Å²) >= 11 is 0. The van der Waals surface area contributed by atoms with Crippen LogP contribution in [0, 0.1) is 23.2 Å². The molecule has 4 aliphatic rings. The molecule has 1 aromatic heterocycles. The number of nitrogens with one attached hydrogen (secondary N) is 3. The molecule has 0 spiro atoms. The highest BCUT2D eigenvalue weighted by Crippen LogP contribution is 2.65. The molecular formula is C30H37N5O6. The van der Waals surface area contributed by atoms with Gasteiger partial charge in [-0.15, -0.1) is 0 Å². The van der Waals surface area contributed by atoms with Crippen molar-refractivity contribution in [1.82, 2.24) is 25.4 Å². The van der Waals surface area contributed by atoms with Gasteiger partial charge in [0.2, 0.25) is 17.6 Å². The van der Waals surface area contributed by atoms with Crippen molar-refractivity contribution in [1.29, 1.82) is 0 Å². The van der Waals surface area contributed by atoms with Crippen molar-refractivity contribution < 1.29 is 28.7 Å². The van der Waals surface area contributed by atoms with Crippen LogP contribution < -0.4 is 15.4 Å². The average molecular weight is 564 g/mol. The molecule has 3 aliphatic heterocycles. The minimum atomic E-state index is -1.14. The minimum absolute atomic E-state index is 0.0515. The number of carbonyl (C=O) groups excluding carboxylic acids is 5. The van der Waals surface area contributed by atoms with Gasteiger partial charge in [-0.05, 0) is 61.1 Å². The lowest BCUT2D eigenvalue weighted by Gasteiger charge is -2.34. The molecular weight excluding hydrogens is 526 g/mol. The highest BCUT2D eigenvalue weighted by molar-refractivity contribution is 6.38. The first kappa shape index (κ1) is 27.3. The molecule has 11 nitrogen and oxygen atoms in total. The molecule has 4 heterocycles. The molecule has 218 valence electrons. The fourth-order valence-corrected chi connectivity index (χ4v) is 7.03. The number of piperidine rings is 2. The van der Waals surface area contributed by atoms with Gasteiger partial charge in [-0.1, -0.05) is 19.9 Å². The normalized spacial score (nSPS) is 27.0. The lowest BCUT2D eigenvalue weighted by Crippen LogP contribution is -2.57. The molecule has 41 heavy (non-hydrogen) atoms. The van der Waals surface area contributed by atoms with E-state index < -0.39 is 35.6 Å². The quantitative estimate of drug-likeness (QED) is 0.416. The number of likely N-dealkylation sites (tertiary alicyclic amines) is 2. The van der Waals surface area contributed by atoms with Gasteiger partial charge in [0.1, 0.15) is 17.5 Å². The number of rotatable bonds is 8. The predicted molar refractivity (Wildman–Crippen MR) is 149 cm³/mol. The maximum absolute atomic E-state index is 14.0. The molecule has 3 saturated heterocycles. The Labute approximate surface area is 238 Å². The molecule has 0 radical (unpaired) electrons. The van der Waals surface area contributed by atoms with Crippen LogP contribution in [0.25, 0.3) is 10.9 Å². The fourth-order valence-electron chi connectivity index (χ4n) is 7.03. The van der Waals surface area contributed by atoms with Crippen molar-refractivity contribution in [3.63, 3.8) is 0 Å². The number of methoxy groups -OCH3 is 1. The highest BCUT2D eigenvalue weighted by atomic mass is 16.5. The largest absolute Gasteiger partial charge is 0.496 e. The van der Waals surface area contributed by atoms with Crippen molar-refractivity contribution >= 4 is 40.3 Å². The van der Waals surface area contributed by atoms with Gasteiger partial charge in [0.15, 0.2) is 0 Å². The third kappa shape index (κ3) is 4.64. The smallest absolute Gasteiger partial charge is 0.292 e. The number of ketones is 1. The van der Waals surface area contributed by atoms with Gasteiger partial charge < -0.3 is 30.2 Å².